The van der Waals surface area contributed by atoms with E-state index in [4.69, 9.17) is 0 Å². The van der Waals surface area contributed by atoms with Crippen molar-refractivity contribution < 1.29 is 8.42 Å². The minimum absolute atomic E-state index is 0. The van der Waals surface area contributed by atoms with Gasteiger partial charge in [0.15, 0.2) is 5.96 Å². The van der Waals surface area contributed by atoms with Crippen LogP contribution in [-0.4, -0.2) is 27.0 Å². The average Bonchev–Trinajstić information content (AvgIpc) is 3.02. The molecular formula is C20H31IN4O2S2. The van der Waals surface area contributed by atoms with Crippen molar-refractivity contribution in [2.75, 3.05) is 6.54 Å². The van der Waals surface area contributed by atoms with Gasteiger partial charge in [-0.25, -0.2) is 18.1 Å². The van der Waals surface area contributed by atoms with Gasteiger partial charge in [0.05, 0.1) is 18.8 Å². The highest BCUT2D eigenvalue weighted by Crippen LogP contribution is 2.14. The van der Waals surface area contributed by atoms with E-state index < -0.39 is 10.0 Å². The molecule has 0 saturated carbocycles. The fourth-order valence-electron chi connectivity index (χ4n) is 2.62. The third-order valence-electron chi connectivity index (χ3n) is 3.94. The number of rotatable bonds is 9. The molecule has 9 heteroatoms. The Hall–Kier alpha value is -1.17. The maximum Gasteiger partial charge on any atom is 0.216 e. The Labute approximate surface area is 195 Å². The predicted molar refractivity (Wildman–Crippen MR) is 133 cm³/mol. The van der Waals surface area contributed by atoms with Crippen molar-refractivity contribution >= 4 is 51.3 Å². The van der Waals surface area contributed by atoms with E-state index in [1.165, 1.54) is 10.4 Å². The highest BCUT2D eigenvalue weighted by atomic mass is 127. The molecule has 0 saturated heterocycles. The van der Waals surface area contributed by atoms with Crippen LogP contribution in [0, 0.1) is 6.92 Å². The van der Waals surface area contributed by atoms with E-state index in [2.05, 4.69) is 38.7 Å². The Bertz CT molecular complexity index is 878. The lowest BCUT2D eigenvalue weighted by molar-refractivity contribution is 0.569. The number of nitrogens with one attached hydrogen (secondary N) is 3. The molecule has 6 nitrogen and oxygen atoms in total. The summed E-state index contributed by atoms with van der Waals surface area (Å²) in [4.78, 5) is 5.92. The van der Waals surface area contributed by atoms with Gasteiger partial charge in [0.1, 0.15) is 0 Å². The molecular weight excluding hydrogens is 519 g/mol. The van der Waals surface area contributed by atoms with Crippen LogP contribution in [0.5, 0.6) is 0 Å². The lowest BCUT2D eigenvalue weighted by Gasteiger charge is -2.11. The number of thiophene rings is 1. The summed E-state index contributed by atoms with van der Waals surface area (Å²) in [5, 5.41) is 8.70. The minimum Gasteiger partial charge on any atom is -0.357 e. The number of aryl methyl sites for hydroxylation is 1. The molecule has 0 amide bonds. The van der Waals surface area contributed by atoms with E-state index in [0.29, 0.717) is 6.54 Å². The van der Waals surface area contributed by atoms with Crippen molar-refractivity contribution in [2.45, 2.75) is 52.6 Å². The molecule has 1 heterocycles. The molecule has 1 aromatic heterocycles. The summed E-state index contributed by atoms with van der Waals surface area (Å²) >= 11 is 1.73. The first kappa shape index (κ1) is 25.9. The van der Waals surface area contributed by atoms with Gasteiger partial charge in [-0.15, -0.1) is 35.3 Å². The molecule has 0 aliphatic carbocycles. The number of benzene rings is 1. The van der Waals surface area contributed by atoms with E-state index in [1.54, 1.807) is 11.3 Å². The van der Waals surface area contributed by atoms with Gasteiger partial charge in [-0.3, -0.25) is 0 Å². The summed E-state index contributed by atoms with van der Waals surface area (Å²) in [5.41, 5.74) is 3.08. The monoisotopic (exact) mass is 550 g/mol. The summed E-state index contributed by atoms with van der Waals surface area (Å²) < 4.78 is 26.7. The van der Waals surface area contributed by atoms with Crippen molar-refractivity contribution in [3.63, 3.8) is 0 Å². The van der Waals surface area contributed by atoms with E-state index in [1.807, 2.05) is 45.0 Å². The third-order valence-corrected chi connectivity index (χ3v) is 6.51. The Morgan fingerprint density at radius 1 is 1.10 bits per heavy atom. The molecule has 2 aromatic rings. The molecule has 2 rings (SSSR count). The topological polar surface area (TPSA) is 82.6 Å². The zero-order valence-corrected chi connectivity index (χ0v) is 21.3. The van der Waals surface area contributed by atoms with Crippen molar-refractivity contribution in [1.29, 1.82) is 0 Å². The SMILES string of the molecule is CCNC(=NCc1ccc(CS(=O)(=O)NC(C)C)cc1)NCc1sccc1C.I. The molecule has 0 radical (unpaired) electrons. The van der Waals surface area contributed by atoms with Crippen molar-refractivity contribution in [2.24, 2.45) is 4.99 Å². The molecule has 1 aromatic carbocycles. The van der Waals surface area contributed by atoms with Gasteiger partial charge in [0.2, 0.25) is 10.0 Å². The van der Waals surface area contributed by atoms with Crippen LogP contribution in [0.3, 0.4) is 0 Å². The molecule has 162 valence electrons. The Morgan fingerprint density at radius 2 is 1.76 bits per heavy atom. The lowest BCUT2D eigenvalue weighted by atomic mass is 10.1. The summed E-state index contributed by atoms with van der Waals surface area (Å²) in [6.45, 7) is 9.83. The van der Waals surface area contributed by atoms with Crippen molar-refractivity contribution in [3.8, 4) is 0 Å². The van der Waals surface area contributed by atoms with E-state index >= 15 is 0 Å². The van der Waals surface area contributed by atoms with Gasteiger partial charge in [-0.1, -0.05) is 24.3 Å². The highest BCUT2D eigenvalue weighted by molar-refractivity contribution is 14.0. The number of hydrogen-bond acceptors (Lipinski definition) is 4. The lowest BCUT2D eigenvalue weighted by Crippen LogP contribution is -2.36. The fraction of sp³-hybridized carbons (Fsp3) is 0.450. The maximum atomic E-state index is 12.0. The van der Waals surface area contributed by atoms with Gasteiger partial charge in [-0.05, 0) is 55.8 Å². The summed E-state index contributed by atoms with van der Waals surface area (Å²) in [7, 11) is -3.31. The van der Waals surface area contributed by atoms with Crippen LogP contribution < -0.4 is 15.4 Å². The van der Waals surface area contributed by atoms with E-state index in [-0.39, 0.29) is 35.8 Å². The second-order valence-electron chi connectivity index (χ2n) is 6.92. The van der Waals surface area contributed by atoms with Gasteiger partial charge >= 0.3 is 0 Å². The maximum absolute atomic E-state index is 12.0. The first-order chi connectivity index (χ1) is 13.3. The second kappa shape index (κ2) is 12.5. The normalized spacial score (nSPS) is 12.0. The van der Waals surface area contributed by atoms with Gasteiger partial charge in [0.25, 0.3) is 0 Å². The number of sulfonamides is 1. The van der Waals surface area contributed by atoms with E-state index in [9.17, 15) is 8.42 Å². The molecule has 0 fully saturated rings. The van der Waals surface area contributed by atoms with Gasteiger partial charge in [0, 0.05) is 17.5 Å². The summed E-state index contributed by atoms with van der Waals surface area (Å²) in [6.07, 6.45) is 0. The smallest absolute Gasteiger partial charge is 0.216 e. The molecule has 0 bridgehead atoms. The predicted octanol–water partition coefficient (Wildman–Crippen LogP) is 3.76. The number of nitrogens with zero attached hydrogens (tertiary/aromatic N) is 1. The fourth-order valence-corrected chi connectivity index (χ4v) is 4.90. The standard InChI is InChI=1S/C20H30N4O2S2.HI/c1-5-21-20(23-13-19-16(4)10-11-27-19)22-12-17-6-8-18(9-7-17)14-28(25,26)24-15(2)3;/h6-11,15,24H,5,12-14H2,1-4H3,(H2,21,22,23);1H. The van der Waals surface area contributed by atoms with Crippen LogP contribution in [0.1, 0.15) is 42.3 Å². The number of aliphatic imine (C=N–C) groups is 1. The van der Waals surface area contributed by atoms with Crippen LogP contribution in [0.25, 0.3) is 0 Å². The second-order valence-corrected chi connectivity index (χ2v) is 9.68. The average molecular weight is 551 g/mol. The third kappa shape index (κ3) is 9.45. The zero-order valence-electron chi connectivity index (χ0n) is 17.4. The Morgan fingerprint density at radius 3 is 2.31 bits per heavy atom. The van der Waals surface area contributed by atoms with Crippen LogP contribution >= 0.6 is 35.3 Å². The minimum atomic E-state index is -3.31. The van der Waals surface area contributed by atoms with Crippen molar-refractivity contribution in [3.05, 3.63) is 57.3 Å². The van der Waals surface area contributed by atoms with Gasteiger partial charge in [-0.2, -0.15) is 0 Å². The molecule has 0 aliphatic rings. The molecule has 3 N–H and O–H groups in total. The first-order valence-electron chi connectivity index (χ1n) is 9.42. The van der Waals surface area contributed by atoms with Crippen LogP contribution in [0.4, 0.5) is 0 Å². The van der Waals surface area contributed by atoms with Crippen molar-refractivity contribution in [1.82, 2.24) is 15.4 Å². The summed E-state index contributed by atoms with van der Waals surface area (Å²) in [6, 6.07) is 9.56. The molecule has 29 heavy (non-hydrogen) atoms. The Kier molecular flexibility index (Phi) is 11.2. The number of hydrogen-bond donors (Lipinski definition) is 3. The van der Waals surface area contributed by atoms with E-state index in [0.717, 1.165) is 30.2 Å². The molecule has 0 spiro atoms. The molecule has 0 aliphatic heterocycles. The molecule has 0 unspecified atom stereocenters. The first-order valence-corrected chi connectivity index (χ1v) is 11.9. The van der Waals surface area contributed by atoms with Crippen LogP contribution in [0.15, 0.2) is 40.7 Å². The number of halogens is 1. The largest absolute Gasteiger partial charge is 0.357 e. The quantitative estimate of drug-likeness (QED) is 0.252. The summed E-state index contributed by atoms with van der Waals surface area (Å²) in [5.74, 6) is 0.752. The van der Waals surface area contributed by atoms with Crippen LogP contribution in [-0.2, 0) is 28.9 Å². The van der Waals surface area contributed by atoms with Gasteiger partial charge < -0.3 is 10.6 Å². The van der Waals surface area contributed by atoms with Crippen LogP contribution in [0.2, 0.25) is 0 Å². The molecule has 0 atom stereocenters. The Balaban J connectivity index is 0.00000420. The number of guanidine groups is 1. The zero-order chi connectivity index (χ0) is 20.6. The highest BCUT2D eigenvalue weighted by Gasteiger charge is 2.12.